The standard InChI is InChI=1S/C27H27N3O2/c31-27(15-14-25-18-29-30(19-25)26-12-5-2-6-13-26)28-17-23-10-7-11-24(16-23)21-32-20-22-8-3-1-4-9-22/h1-13,16,18-19H,14-15,17,20-21H2,(H,28,31). The van der Waals surface area contributed by atoms with Crippen molar-refractivity contribution in [2.75, 3.05) is 0 Å². The average Bonchev–Trinajstić information content (AvgIpc) is 3.32. The predicted octanol–water partition coefficient (Wildman–Crippen LogP) is 4.84. The Balaban J connectivity index is 1.20. The highest BCUT2D eigenvalue weighted by Crippen LogP contribution is 2.11. The second-order valence-electron chi connectivity index (χ2n) is 7.70. The summed E-state index contributed by atoms with van der Waals surface area (Å²) in [5.41, 5.74) is 5.37. The fraction of sp³-hybridized carbons (Fsp3) is 0.185. The predicted molar refractivity (Wildman–Crippen MR) is 125 cm³/mol. The van der Waals surface area contributed by atoms with E-state index in [9.17, 15) is 4.79 Å². The molecule has 1 amide bonds. The van der Waals surface area contributed by atoms with Gasteiger partial charge in [-0.3, -0.25) is 4.79 Å². The van der Waals surface area contributed by atoms with Crippen molar-refractivity contribution < 1.29 is 9.53 Å². The van der Waals surface area contributed by atoms with Crippen LogP contribution in [-0.4, -0.2) is 15.7 Å². The summed E-state index contributed by atoms with van der Waals surface area (Å²) in [7, 11) is 0. The van der Waals surface area contributed by atoms with Crippen molar-refractivity contribution in [1.82, 2.24) is 15.1 Å². The fourth-order valence-corrected chi connectivity index (χ4v) is 3.45. The van der Waals surface area contributed by atoms with Crippen LogP contribution in [0.15, 0.2) is 97.3 Å². The van der Waals surface area contributed by atoms with Crippen molar-refractivity contribution in [2.45, 2.75) is 32.6 Å². The first-order valence-corrected chi connectivity index (χ1v) is 10.8. The van der Waals surface area contributed by atoms with Gasteiger partial charge in [-0.25, -0.2) is 4.68 Å². The van der Waals surface area contributed by atoms with Gasteiger partial charge >= 0.3 is 0 Å². The van der Waals surface area contributed by atoms with Crippen LogP contribution >= 0.6 is 0 Å². The number of rotatable bonds is 10. The highest BCUT2D eigenvalue weighted by atomic mass is 16.5. The highest BCUT2D eigenvalue weighted by molar-refractivity contribution is 5.76. The summed E-state index contributed by atoms with van der Waals surface area (Å²) in [5, 5.41) is 7.39. The quantitative estimate of drug-likeness (QED) is 0.396. The Labute approximate surface area is 188 Å². The second-order valence-corrected chi connectivity index (χ2v) is 7.70. The van der Waals surface area contributed by atoms with E-state index in [4.69, 9.17) is 4.74 Å². The number of ether oxygens (including phenoxy) is 1. The third kappa shape index (κ3) is 6.40. The Bertz CT molecular complexity index is 1120. The lowest BCUT2D eigenvalue weighted by atomic mass is 10.1. The topological polar surface area (TPSA) is 56.2 Å². The minimum absolute atomic E-state index is 0.0307. The van der Waals surface area contributed by atoms with Gasteiger partial charge in [-0.05, 0) is 40.8 Å². The van der Waals surface area contributed by atoms with E-state index >= 15 is 0 Å². The number of aryl methyl sites for hydroxylation is 1. The van der Waals surface area contributed by atoms with Crippen LogP contribution in [0.1, 0.15) is 28.7 Å². The third-order valence-electron chi connectivity index (χ3n) is 5.16. The minimum atomic E-state index is 0.0307. The molecule has 5 heteroatoms. The number of benzene rings is 3. The Morgan fingerprint density at radius 3 is 2.31 bits per heavy atom. The lowest BCUT2D eigenvalue weighted by Crippen LogP contribution is -2.23. The largest absolute Gasteiger partial charge is 0.372 e. The van der Waals surface area contributed by atoms with E-state index in [1.807, 2.05) is 83.8 Å². The Hall–Kier alpha value is -3.70. The lowest BCUT2D eigenvalue weighted by molar-refractivity contribution is -0.121. The number of aromatic nitrogens is 2. The molecule has 0 aliphatic rings. The van der Waals surface area contributed by atoms with E-state index in [1.165, 1.54) is 0 Å². The van der Waals surface area contributed by atoms with E-state index in [-0.39, 0.29) is 5.91 Å². The zero-order chi connectivity index (χ0) is 22.0. The molecule has 162 valence electrons. The Kier molecular flexibility index (Phi) is 7.45. The normalized spacial score (nSPS) is 10.8. The minimum Gasteiger partial charge on any atom is -0.372 e. The van der Waals surface area contributed by atoms with Crippen molar-refractivity contribution in [3.8, 4) is 5.69 Å². The molecular weight excluding hydrogens is 398 g/mol. The van der Waals surface area contributed by atoms with Gasteiger partial charge in [0.2, 0.25) is 5.91 Å². The number of carbonyl (C=O) groups is 1. The molecule has 0 bridgehead atoms. The van der Waals surface area contributed by atoms with E-state index in [1.54, 1.807) is 0 Å². The number of amides is 1. The van der Waals surface area contributed by atoms with Crippen LogP contribution in [0.2, 0.25) is 0 Å². The first kappa shape index (κ1) is 21.5. The Morgan fingerprint density at radius 2 is 1.50 bits per heavy atom. The maximum atomic E-state index is 12.3. The van der Waals surface area contributed by atoms with Crippen molar-refractivity contribution in [3.63, 3.8) is 0 Å². The molecule has 3 aromatic carbocycles. The van der Waals surface area contributed by atoms with Crippen LogP contribution in [0.4, 0.5) is 0 Å². The van der Waals surface area contributed by atoms with Crippen molar-refractivity contribution >= 4 is 5.91 Å². The van der Waals surface area contributed by atoms with Crippen LogP contribution in [0, 0.1) is 0 Å². The Morgan fingerprint density at radius 1 is 0.812 bits per heavy atom. The van der Waals surface area contributed by atoms with Gasteiger partial charge < -0.3 is 10.1 Å². The molecule has 1 heterocycles. The summed E-state index contributed by atoms with van der Waals surface area (Å²) < 4.78 is 7.64. The molecule has 0 atom stereocenters. The number of nitrogens with one attached hydrogen (secondary N) is 1. The molecule has 0 aliphatic carbocycles. The molecule has 4 rings (SSSR count). The molecule has 0 radical (unpaired) electrons. The van der Waals surface area contributed by atoms with Crippen LogP contribution < -0.4 is 5.32 Å². The van der Waals surface area contributed by atoms with Gasteiger partial charge in [-0.15, -0.1) is 0 Å². The summed E-state index contributed by atoms with van der Waals surface area (Å²) in [6.45, 7) is 1.64. The summed E-state index contributed by atoms with van der Waals surface area (Å²) in [6, 6.07) is 28.2. The van der Waals surface area contributed by atoms with E-state index < -0.39 is 0 Å². The molecule has 0 fully saturated rings. The molecule has 1 N–H and O–H groups in total. The van der Waals surface area contributed by atoms with Crippen LogP contribution in [0.5, 0.6) is 0 Å². The zero-order valence-electron chi connectivity index (χ0n) is 18.0. The van der Waals surface area contributed by atoms with Gasteiger partial charge in [0, 0.05) is 19.2 Å². The maximum Gasteiger partial charge on any atom is 0.220 e. The van der Waals surface area contributed by atoms with Gasteiger partial charge in [0.05, 0.1) is 25.1 Å². The SMILES string of the molecule is O=C(CCc1cnn(-c2ccccc2)c1)NCc1cccc(COCc2ccccc2)c1. The average molecular weight is 426 g/mol. The summed E-state index contributed by atoms with van der Waals surface area (Å²) in [5.74, 6) is 0.0307. The van der Waals surface area contributed by atoms with Gasteiger partial charge in [0.15, 0.2) is 0 Å². The van der Waals surface area contributed by atoms with Gasteiger partial charge in [-0.2, -0.15) is 5.10 Å². The van der Waals surface area contributed by atoms with Crippen LogP contribution in [0.25, 0.3) is 5.69 Å². The van der Waals surface area contributed by atoms with Gasteiger partial charge in [-0.1, -0.05) is 72.8 Å². The maximum absolute atomic E-state index is 12.3. The monoisotopic (exact) mass is 425 g/mol. The second kappa shape index (κ2) is 11.1. The molecule has 0 unspecified atom stereocenters. The molecule has 4 aromatic rings. The number of hydrogen-bond acceptors (Lipinski definition) is 3. The van der Waals surface area contributed by atoms with E-state index in [0.29, 0.717) is 32.6 Å². The van der Waals surface area contributed by atoms with Crippen molar-refractivity contribution in [1.29, 1.82) is 0 Å². The summed E-state index contributed by atoms with van der Waals surface area (Å²) in [4.78, 5) is 12.3. The van der Waals surface area contributed by atoms with E-state index in [0.717, 1.165) is 27.9 Å². The fourth-order valence-electron chi connectivity index (χ4n) is 3.45. The van der Waals surface area contributed by atoms with Gasteiger partial charge in [0.1, 0.15) is 0 Å². The first-order chi connectivity index (χ1) is 15.8. The molecule has 0 saturated carbocycles. The van der Waals surface area contributed by atoms with Crippen LogP contribution in [-0.2, 0) is 35.7 Å². The van der Waals surface area contributed by atoms with Crippen LogP contribution in [0.3, 0.4) is 0 Å². The summed E-state index contributed by atoms with van der Waals surface area (Å²) >= 11 is 0. The smallest absolute Gasteiger partial charge is 0.220 e. The van der Waals surface area contributed by atoms with Crippen molar-refractivity contribution in [2.24, 2.45) is 0 Å². The highest BCUT2D eigenvalue weighted by Gasteiger charge is 2.06. The molecule has 32 heavy (non-hydrogen) atoms. The number of carbonyl (C=O) groups excluding carboxylic acids is 1. The molecule has 5 nitrogen and oxygen atoms in total. The van der Waals surface area contributed by atoms with E-state index in [2.05, 4.69) is 28.6 Å². The number of nitrogens with zero attached hydrogens (tertiary/aromatic N) is 2. The molecule has 1 aromatic heterocycles. The zero-order valence-corrected chi connectivity index (χ0v) is 18.0. The number of hydrogen-bond donors (Lipinski definition) is 1. The summed E-state index contributed by atoms with van der Waals surface area (Å²) in [6.07, 6.45) is 4.88. The van der Waals surface area contributed by atoms with Crippen molar-refractivity contribution in [3.05, 3.63) is 120 Å². The third-order valence-corrected chi connectivity index (χ3v) is 5.16. The van der Waals surface area contributed by atoms with Gasteiger partial charge in [0.25, 0.3) is 0 Å². The molecular formula is C27H27N3O2. The number of para-hydroxylation sites is 1. The molecule has 0 aliphatic heterocycles. The molecule has 0 spiro atoms. The lowest BCUT2D eigenvalue weighted by Gasteiger charge is -2.08. The molecule has 0 saturated heterocycles. The first-order valence-electron chi connectivity index (χ1n) is 10.8.